The normalized spacial score (nSPS) is 12.3. The zero-order chi connectivity index (χ0) is 12.8. The third-order valence-corrected chi connectivity index (χ3v) is 2.39. The van der Waals surface area contributed by atoms with Gasteiger partial charge in [-0.3, -0.25) is 4.79 Å². The molecule has 0 aromatic carbocycles. The molecule has 1 rings (SSSR count). The molecule has 1 atom stereocenters. The number of ether oxygens (including phenoxy) is 1. The number of nitrogens with one attached hydrogen (secondary N) is 1. The number of methoxy groups -OCH3 is 1. The predicted octanol–water partition coefficient (Wildman–Crippen LogP) is 1.44. The number of aliphatic hydroxyl groups is 1. The molecule has 0 radical (unpaired) electrons. The van der Waals surface area contributed by atoms with Gasteiger partial charge >= 0.3 is 0 Å². The molecule has 0 saturated heterocycles. The van der Waals surface area contributed by atoms with Crippen molar-refractivity contribution in [3.05, 3.63) is 18.3 Å². The Balaban J connectivity index is 2.50. The number of aliphatic hydroxyl groups excluding tert-OH is 1. The summed E-state index contributed by atoms with van der Waals surface area (Å²) in [5.74, 6) is 0.332. The van der Waals surface area contributed by atoms with E-state index in [1.807, 2.05) is 13.8 Å². The summed E-state index contributed by atoms with van der Waals surface area (Å²) in [6.07, 6.45) is 0.976. The van der Waals surface area contributed by atoms with E-state index < -0.39 is 6.10 Å². The van der Waals surface area contributed by atoms with Crippen LogP contribution >= 0.6 is 0 Å². The molecule has 94 valence electrons. The van der Waals surface area contributed by atoms with Crippen LogP contribution < -0.4 is 10.1 Å². The number of hydrogen-bond acceptors (Lipinski definition) is 4. The average molecular weight is 238 g/mol. The second-order valence-electron chi connectivity index (χ2n) is 4.15. The molecule has 0 aliphatic carbocycles. The second-order valence-corrected chi connectivity index (χ2v) is 4.15. The van der Waals surface area contributed by atoms with Crippen LogP contribution in [0.2, 0.25) is 0 Å². The van der Waals surface area contributed by atoms with Gasteiger partial charge in [-0.25, -0.2) is 4.98 Å². The number of carbonyl (C=O) groups is 1. The lowest BCUT2D eigenvalue weighted by atomic mass is 10.0. The highest BCUT2D eigenvalue weighted by atomic mass is 16.5. The van der Waals surface area contributed by atoms with Crippen molar-refractivity contribution in [3.8, 4) is 5.88 Å². The maximum Gasteiger partial charge on any atom is 0.227 e. The summed E-state index contributed by atoms with van der Waals surface area (Å²) < 4.78 is 4.91. The van der Waals surface area contributed by atoms with Gasteiger partial charge in [0.1, 0.15) is 0 Å². The third-order valence-electron chi connectivity index (χ3n) is 2.39. The van der Waals surface area contributed by atoms with E-state index in [0.29, 0.717) is 11.6 Å². The van der Waals surface area contributed by atoms with Gasteiger partial charge in [0.2, 0.25) is 11.8 Å². The van der Waals surface area contributed by atoms with Gasteiger partial charge in [-0.1, -0.05) is 13.8 Å². The molecule has 5 heteroatoms. The van der Waals surface area contributed by atoms with Crippen molar-refractivity contribution in [2.24, 2.45) is 5.92 Å². The quantitative estimate of drug-likeness (QED) is 0.814. The number of hydrogen-bond donors (Lipinski definition) is 2. The van der Waals surface area contributed by atoms with Crippen LogP contribution in [0, 0.1) is 5.92 Å². The van der Waals surface area contributed by atoms with E-state index in [1.54, 1.807) is 12.1 Å². The van der Waals surface area contributed by atoms with Gasteiger partial charge in [0.15, 0.2) is 0 Å². The predicted molar refractivity (Wildman–Crippen MR) is 64.9 cm³/mol. The number of nitrogens with zero attached hydrogens (tertiary/aromatic N) is 1. The highest BCUT2D eigenvalue weighted by Gasteiger charge is 2.14. The summed E-state index contributed by atoms with van der Waals surface area (Å²) in [4.78, 5) is 15.5. The Kier molecular flexibility index (Phi) is 4.90. The van der Waals surface area contributed by atoms with Crippen LogP contribution in [0.1, 0.15) is 20.3 Å². The molecule has 1 unspecified atom stereocenters. The Morgan fingerprint density at radius 3 is 2.71 bits per heavy atom. The summed E-state index contributed by atoms with van der Waals surface area (Å²) in [6, 6.07) is 3.36. The Hall–Kier alpha value is -1.62. The molecule has 2 N–H and O–H groups in total. The molecular formula is C12H18N2O3. The van der Waals surface area contributed by atoms with Crippen LogP contribution in [-0.2, 0) is 4.79 Å². The lowest BCUT2D eigenvalue weighted by Crippen LogP contribution is -2.23. The molecule has 0 fully saturated rings. The molecule has 1 aromatic rings. The van der Waals surface area contributed by atoms with E-state index in [2.05, 4.69) is 10.3 Å². The van der Waals surface area contributed by atoms with E-state index >= 15 is 0 Å². The van der Waals surface area contributed by atoms with Crippen LogP contribution in [0.25, 0.3) is 0 Å². The highest BCUT2D eigenvalue weighted by molar-refractivity contribution is 5.90. The fourth-order valence-electron chi connectivity index (χ4n) is 1.21. The Morgan fingerprint density at radius 2 is 2.24 bits per heavy atom. The molecule has 0 saturated carbocycles. The summed E-state index contributed by atoms with van der Waals surface area (Å²) in [6.45, 7) is 3.74. The zero-order valence-corrected chi connectivity index (χ0v) is 10.3. The van der Waals surface area contributed by atoms with Gasteiger partial charge in [-0.05, 0) is 12.0 Å². The van der Waals surface area contributed by atoms with Crippen molar-refractivity contribution >= 4 is 11.6 Å². The van der Waals surface area contributed by atoms with Crippen LogP contribution in [0.4, 0.5) is 5.69 Å². The van der Waals surface area contributed by atoms with Crippen molar-refractivity contribution in [1.82, 2.24) is 4.98 Å². The molecule has 0 aliphatic rings. The maximum absolute atomic E-state index is 11.6. The Bertz CT molecular complexity index is 363. The van der Waals surface area contributed by atoms with Crippen molar-refractivity contribution in [1.29, 1.82) is 0 Å². The van der Waals surface area contributed by atoms with E-state index in [0.717, 1.165) is 0 Å². The number of rotatable bonds is 5. The number of aromatic nitrogens is 1. The third kappa shape index (κ3) is 4.40. The highest BCUT2D eigenvalue weighted by Crippen LogP contribution is 2.12. The Labute approximate surface area is 101 Å². The standard InChI is InChI=1S/C12H18N2O3/c1-8(2)10(15)6-11(16)14-9-4-5-12(17-3)13-7-9/h4-5,7-8,10,15H,6H2,1-3H3,(H,14,16). The summed E-state index contributed by atoms with van der Waals surface area (Å²) in [5, 5.41) is 12.2. The van der Waals surface area contributed by atoms with Crippen molar-refractivity contribution in [3.63, 3.8) is 0 Å². The molecule has 0 spiro atoms. The number of anilines is 1. The van der Waals surface area contributed by atoms with Gasteiger partial charge in [-0.15, -0.1) is 0 Å². The fraction of sp³-hybridized carbons (Fsp3) is 0.500. The van der Waals surface area contributed by atoms with Gasteiger partial charge in [0.25, 0.3) is 0 Å². The molecule has 0 bridgehead atoms. The first-order valence-electron chi connectivity index (χ1n) is 5.51. The number of amides is 1. The maximum atomic E-state index is 11.6. The van der Waals surface area contributed by atoms with E-state index in [4.69, 9.17) is 4.74 Å². The molecule has 1 heterocycles. The zero-order valence-electron chi connectivity index (χ0n) is 10.3. The van der Waals surface area contributed by atoms with E-state index in [9.17, 15) is 9.90 Å². The van der Waals surface area contributed by atoms with Gasteiger partial charge in [-0.2, -0.15) is 0 Å². The minimum Gasteiger partial charge on any atom is -0.481 e. The summed E-state index contributed by atoms with van der Waals surface area (Å²) in [5.41, 5.74) is 0.590. The molecular weight excluding hydrogens is 220 g/mol. The number of pyridine rings is 1. The minimum absolute atomic E-state index is 0.0646. The average Bonchev–Trinajstić information content (AvgIpc) is 2.29. The molecule has 1 amide bonds. The minimum atomic E-state index is -0.624. The summed E-state index contributed by atoms with van der Waals surface area (Å²) >= 11 is 0. The Morgan fingerprint density at radius 1 is 1.53 bits per heavy atom. The first kappa shape index (κ1) is 13.4. The van der Waals surface area contributed by atoms with E-state index in [-0.39, 0.29) is 18.2 Å². The second kappa shape index (κ2) is 6.20. The lowest BCUT2D eigenvalue weighted by molar-refractivity contribution is -0.118. The van der Waals surface area contributed by atoms with Crippen molar-refractivity contribution < 1.29 is 14.6 Å². The first-order chi connectivity index (χ1) is 8.02. The van der Waals surface area contributed by atoms with Crippen molar-refractivity contribution in [2.75, 3.05) is 12.4 Å². The monoisotopic (exact) mass is 238 g/mol. The SMILES string of the molecule is COc1ccc(NC(=O)CC(O)C(C)C)cn1. The van der Waals surface area contributed by atoms with E-state index in [1.165, 1.54) is 13.3 Å². The first-order valence-corrected chi connectivity index (χ1v) is 5.51. The largest absolute Gasteiger partial charge is 0.481 e. The van der Waals surface area contributed by atoms with Gasteiger partial charge in [0.05, 0.1) is 31.5 Å². The molecule has 5 nitrogen and oxygen atoms in total. The molecule has 17 heavy (non-hydrogen) atoms. The van der Waals surface area contributed by atoms with Crippen LogP contribution in [0.15, 0.2) is 18.3 Å². The fourth-order valence-corrected chi connectivity index (χ4v) is 1.21. The molecule has 0 aliphatic heterocycles. The number of carbonyl (C=O) groups excluding carboxylic acids is 1. The van der Waals surface area contributed by atoms with Crippen LogP contribution in [0.3, 0.4) is 0 Å². The van der Waals surface area contributed by atoms with Gasteiger partial charge in [0, 0.05) is 6.07 Å². The van der Waals surface area contributed by atoms with Crippen LogP contribution in [-0.4, -0.2) is 29.2 Å². The smallest absolute Gasteiger partial charge is 0.227 e. The lowest BCUT2D eigenvalue weighted by Gasteiger charge is -2.13. The van der Waals surface area contributed by atoms with Crippen molar-refractivity contribution in [2.45, 2.75) is 26.4 Å². The topological polar surface area (TPSA) is 71.5 Å². The summed E-state index contributed by atoms with van der Waals surface area (Å²) in [7, 11) is 1.53. The van der Waals surface area contributed by atoms with Crippen LogP contribution in [0.5, 0.6) is 5.88 Å². The van der Waals surface area contributed by atoms with Gasteiger partial charge < -0.3 is 15.2 Å². The molecule has 1 aromatic heterocycles.